The number of nitrogens with one attached hydrogen (secondary N) is 1. The molecule has 1 amide bonds. The van der Waals surface area contributed by atoms with Gasteiger partial charge in [-0.15, -0.1) is 0 Å². The minimum absolute atomic E-state index is 0.192. The van der Waals surface area contributed by atoms with Gasteiger partial charge in [-0.25, -0.2) is 4.99 Å². The van der Waals surface area contributed by atoms with Gasteiger partial charge < -0.3 is 10.4 Å². The highest BCUT2D eigenvalue weighted by molar-refractivity contribution is 8.15. The van der Waals surface area contributed by atoms with Gasteiger partial charge in [0.2, 0.25) is 5.91 Å². The number of hydrogen-bond acceptors (Lipinski definition) is 4. The summed E-state index contributed by atoms with van der Waals surface area (Å²) < 4.78 is 0. The third-order valence-corrected chi connectivity index (χ3v) is 3.66. The second kappa shape index (κ2) is 5.44. The Balaban J connectivity index is 2.17. The predicted octanol–water partition coefficient (Wildman–Crippen LogP) is 2.00. The average molecular weight is 278 g/mol. The molecule has 0 unspecified atom stereocenters. The third kappa shape index (κ3) is 3.57. The van der Waals surface area contributed by atoms with Crippen LogP contribution in [-0.2, 0) is 9.59 Å². The molecule has 1 heterocycles. The summed E-state index contributed by atoms with van der Waals surface area (Å²) in [7, 11) is 0. The first kappa shape index (κ1) is 13.6. The lowest BCUT2D eigenvalue weighted by molar-refractivity contribution is -0.138. The topological polar surface area (TPSA) is 78.8 Å². The Morgan fingerprint density at radius 3 is 2.58 bits per heavy atom. The number of hydrogen-bond donors (Lipinski definition) is 2. The molecular weight excluding hydrogens is 264 g/mol. The lowest BCUT2D eigenvalue weighted by atomic mass is 10.1. The van der Waals surface area contributed by atoms with Crippen LogP contribution in [0.1, 0.15) is 17.5 Å². The molecule has 2 N–H and O–H groups in total. The molecule has 0 saturated carbocycles. The SMILES string of the molecule is Cc1cc(C)cc(N=C2NC(=O)[C@H](CC(=O)O)S2)c1. The van der Waals surface area contributed by atoms with Crippen molar-refractivity contribution in [3.63, 3.8) is 0 Å². The average Bonchev–Trinajstić information content (AvgIpc) is 2.56. The fraction of sp³-hybridized carbons (Fsp3) is 0.308. The van der Waals surface area contributed by atoms with Crippen molar-refractivity contribution in [2.75, 3.05) is 0 Å². The molecule has 5 nitrogen and oxygen atoms in total. The van der Waals surface area contributed by atoms with Crippen molar-refractivity contribution in [2.24, 2.45) is 4.99 Å². The lowest BCUT2D eigenvalue weighted by Gasteiger charge is -2.01. The van der Waals surface area contributed by atoms with Gasteiger partial charge in [-0.1, -0.05) is 17.8 Å². The fourth-order valence-electron chi connectivity index (χ4n) is 1.88. The van der Waals surface area contributed by atoms with E-state index in [4.69, 9.17) is 5.11 Å². The number of rotatable bonds is 3. The van der Waals surface area contributed by atoms with E-state index >= 15 is 0 Å². The van der Waals surface area contributed by atoms with E-state index in [1.165, 1.54) is 0 Å². The minimum atomic E-state index is -0.986. The van der Waals surface area contributed by atoms with Crippen LogP contribution in [0, 0.1) is 13.8 Å². The number of amides is 1. The molecule has 19 heavy (non-hydrogen) atoms. The van der Waals surface area contributed by atoms with Crippen LogP contribution in [0.3, 0.4) is 0 Å². The summed E-state index contributed by atoms with van der Waals surface area (Å²) in [6.45, 7) is 3.95. The van der Waals surface area contributed by atoms with Gasteiger partial charge in [0.25, 0.3) is 0 Å². The molecular formula is C13H14N2O3S. The van der Waals surface area contributed by atoms with Crippen LogP contribution in [0.2, 0.25) is 0 Å². The normalized spacial score (nSPS) is 20.6. The summed E-state index contributed by atoms with van der Waals surface area (Å²) in [5.74, 6) is -1.28. The number of thioether (sulfide) groups is 1. The number of aliphatic carboxylic acids is 1. The fourth-order valence-corrected chi connectivity index (χ4v) is 2.86. The molecule has 1 saturated heterocycles. The summed E-state index contributed by atoms with van der Waals surface area (Å²) in [5.41, 5.74) is 2.95. The zero-order valence-electron chi connectivity index (χ0n) is 10.6. The molecule has 100 valence electrons. The molecule has 0 bridgehead atoms. The number of carboxylic acid groups (broad SMARTS) is 1. The first-order valence-corrected chi connectivity index (χ1v) is 6.68. The number of aryl methyl sites for hydroxylation is 2. The van der Waals surface area contributed by atoms with Crippen LogP contribution in [0.4, 0.5) is 5.69 Å². The van der Waals surface area contributed by atoms with Gasteiger partial charge in [0.05, 0.1) is 12.1 Å². The van der Waals surface area contributed by atoms with Crippen LogP contribution >= 0.6 is 11.8 Å². The van der Waals surface area contributed by atoms with E-state index in [0.29, 0.717) is 5.17 Å². The molecule has 1 aliphatic heterocycles. The molecule has 1 aromatic carbocycles. The van der Waals surface area contributed by atoms with Gasteiger partial charge in [0.15, 0.2) is 5.17 Å². The number of nitrogens with zero attached hydrogens (tertiary/aromatic N) is 1. The minimum Gasteiger partial charge on any atom is -0.481 e. The Morgan fingerprint density at radius 2 is 2.00 bits per heavy atom. The maximum absolute atomic E-state index is 11.6. The third-order valence-electron chi connectivity index (χ3n) is 2.57. The number of carbonyl (C=O) groups excluding carboxylic acids is 1. The Morgan fingerprint density at radius 1 is 1.37 bits per heavy atom. The van der Waals surface area contributed by atoms with Crippen LogP contribution in [0.15, 0.2) is 23.2 Å². The highest BCUT2D eigenvalue weighted by Gasteiger charge is 2.31. The van der Waals surface area contributed by atoms with E-state index in [9.17, 15) is 9.59 Å². The van der Waals surface area contributed by atoms with Gasteiger partial charge in [0, 0.05) is 0 Å². The Kier molecular flexibility index (Phi) is 3.90. The predicted molar refractivity (Wildman–Crippen MR) is 74.8 cm³/mol. The van der Waals surface area contributed by atoms with Crippen LogP contribution in [0.5, 0.6) is 0 Å². The van der Waals surface area contributed by atoms with Gasteiger partial charge in [0.1, 0.15) is 5.25 Å². The van der Waals surface area contributed by atoms with Crippen molar-refractivity contribution in [1.82, 2.24) is 5.32 Å². The maximum Gasteiger partial charge on any atom is 0.305 e. The number of carboxylic acids is 1. The van der Waals surface area contributed by atoms with Crippen molar-refractivity contribution in [3.8, 4) is 0 Å². The molecule has 6 heteroatoms. The smallest absolute Gasteiger partial charge is 0.305 e. The molecule has 1 fully saturated rings. The largest absolute Gasteiger partial charge is 0.481 e. The van der Waals surface area contributed by atoms with Crippen molar-refractivity contribution in [3.05, 3.63) is 29.3 Å². The van der Waals surface area contributed by atoms with E-state index in [-0.39, 0.29) is 12.3 Å². The summed E-state index contributed by atoms with van der Waals surface area (Å²) in [5, 5.41) is 11.2. The molecule has 1 atom stereocenters. The van der Waals surface area contributed by atoms with Crippen molar-refractivity contribution in [1.29, 1.82) is 0 Å². The van der Waals surface area contributed by atoms with Crippen LogP contribution in [0.25, 0.3) is 0 Å². The van der Waals surface area contributed by atoms with Crippen LogP contribution < -0.4 is 5.32 Å². The summed E-state index contributed by atoms with van der Waals surface area (Å²) in [6.07, 6.45) is -0.192. The first-order valence-electron chi connectivity index (χ1n) is 5.80. The van der Waals surface area contributed by atoms with E-state index in [2.05, 4.69) is 10.3 Å². The van der Waals surface area contributed by atoms with Crippen molar-refractivity contribution in [2.45, 2.75) is 25.5 Å². The molecule has 0 radical (unpaired) electrons. The first-order chi connectivity index (χ1) is 8.94. The van der Waals surface area contributed by atoms with E-state index in [1.54, 1.807) is 0 Å². The maximum atomic E-state index is 11.6. The van der Waals surface area contributed by atoms with Crippen molar-refractivity contribution < 1.29 is 14.7 Å². The number of aliphatic imine (C=N–C) groups is 1. The van der Waals surface area contributed by atoms with E-state index in [0.717, 1.165) is 28.6 Å². The quantitative estimate of drug-likeness (QED) is 0.886. The molecule has 2 rings (SSSR count). The summed E-state index contributed by atoms with van der Waals surface area (Å²) in [4.78, 5) is 26.5. The zero-order valence-corrected chi connectivity index (χ0v) is 11.5. The Hall–Kier alpha value is -1.82. The van der Waals surface area contributed by atoms with Gasteiger partial charge in [-0.05, 0) is 37.1 Å². The zero-order chi connectivity index (χ0) is 14.0. The second-order valence-electron chi connectivity index (χ2n) is 4.46. The standard InChI is InChI=1S/C13H14N2O3S/c1-7-3-8(2)5-9(4-7)14-13-15-12(18)10(19-13)6-11(16)17/h3-5,10H,6H2,1-2H3,(H,16,17)(H,14,15,18)/t10-/m0/s1. The molecule has 1 aromatic rings. The monoisotopic (exact) mass is 278 g/mol. The number of carbonyl (C=O) groups is 2. The van der Waals surface area contributed by atoms with Crippen LogP contribution in [-0.4, -0.2) is 27.4 Å². The lowest BCUT2D eigenvalue weighted by Crippen LogP contribution is -2.26. The van der Waals surface area contributed by atoms with Gasteiger partial charge in [-0.3, -0.25) is 9.59 Å². The van der Waals surface area contributed by atoms with E-state index in [1.807, 2.05) is 32.0 Å². The Bertz CT molecular complexity index is 549. The van der Waals surface area contributed by atoms with Crippen molar-refractivity contribution >= 4 is 34.5 Å². The highest BCUT2D eigenvalue weighted by Crippen LogP contribution is 2.26. The molecule has 1 aliphatic rings. The molecule has 0 spiro atoms. The molecule has 0 aliphatic carbocycles. The van der Waals surface area contributed by atoms with E-state index < -0.39 is 11.2 Å². The second-order valence-corrected chi connectivity index (χ2v) is 5.65. The number of amidine groups is 1. The summed E-state index contributed by atoms with van der Waals surface area (Å²) in [6, 6.07) is 5.87. The highest BCUT2D eigenvalue weighted by atomic mass is 32.2. The van der Waals surface area contributed by atoms with Gasteiger partial charge in [-0.2, -0.15) is 0 Å². The molecule has 0 aromatic heterocycles. The summed E-state index contributed by atoms with van der Waals surface area (Å²) >= 11 is 1.16. The number of benzene rings is 1. The van der Waals surface area contributed by atoms with Gasteiger partial charge >= 0.3 is 5.97 Å². The Labute approximate surface area is 115 Å².